The van der Waals surface area contributed by atoms with E-state index in [1.165, 1.54) is 0 Å². The smallest absolute Gasteiger partial charge is 0.259 e. The van der Waals surface area contributed by atoms with Gasteiger partial charge < -0.3 is 15.1 Å². The number of hydrogen-bond donors (Lipinski definition) is 1. The van der Waals surface area contributed by atoms with Crippen LogP contribution in [0.25, 0.3) is 0 Å². The van der Waals surface area contributed by atoms with Gasteiger partial charge in [-0.2, -0.15) is 4.98 Å². The van der Waals surface area contributed by atoms with Crippen LogP contribution in [0.2, 0.25) is 0 Å². The molecule has 1 N–H and O–H groups in total. The number of fused-ring (bicyclic) bond motifs is 1. The largest absolute Gasteiger partial charge is 0.330 e. The van der Waals surface area contributed by atoms with Crippen molar-refractivity contribution < 1.29 is 4.79 Å². The van der Waals surface area contributed by atoms with Gasteiger partial charge in [0.05, 0.1) is 11.8 Å². The van der Waals surface area contributed by atoms with Crippen LogP contribution >= 0.6 is 22.6 Å². The number of amides is 1. The number of anilines is 4. The van der Waals surface area contributed by atoms with Gasteiger partial charge in [0, 0.05) is 35.3 Å². The predicted octanol–water partition coefficient (Wildman–Crippen LogP) is 4.04. The first-order valence-corrected chi connectivity index (χ1v) is 9.76. The van der Waals surface area contributed by atoms with Gasteiger partial charge in [-0.15, -0.1) is 0 Å². The Hall–Kier alpha value is -2.42. The monoisotopic (exact) mass is 473 g/mol. The highest BCUT2D eigenvalue weighted by Crippen LogP contribution is 2.41. The molecule has 6 nitrogen and oxygen atoms in total. The summed E-state index contributed by atoms with van der Waals surface area (Å²) in [6.45, 7) is 2.16. The second kappa shape index (κ2) is 6.63. The normalized spacial score (nSPS) is 21.7. The van der Waals surface area contributed by atoms with Gasteiger partial charge in [0.2, 0.25) is 5.95 Å². The van der Waals surface area contributed by atoms with Crippen LogP contribution in [-0.4, -0.2) is 33.4 Å². The van der Waals surface area contributed by atoms with Crippen molar-refractivity contribution in [2.45, 2.75) is 16.8 Å². The molecule has 0 radical (unpaired) electrons. The highest BCUT2D eigenvalue weighted by molar-refractivity contribution is 14.1. The number of aromatic nitrogens is 2. The Morgan fingerprint density at radius 3 is 2.67 bits per heavy atom. The van der Waals surface area contributed by atoms with E-state index in [2.05, 4.69) is 45.9 Å². The Bertz CT molecular complexity index is 968. The highest BCUT2D eigenvalue weighted by Gasteiger charge is 2.35. The molecule has 2 aromatic rings. The summed E-state index contributed by atoms with van der Waals surface area (Å²) in [4.78, 5) is 25.8. The average molecular weight is 473 g/mol. The Kier molecular flexibility index (Phi) is 4.41. The molecule has 0 bridgehead atoms. The van der Waals surface area contributed by atoms with Crippen LogP contribution in [0.5, 0.6) is 0 Å². The number of nitrogens with zero attached hydrogens (tertiary/aromatic N) is 4. The van der Waals surface area contributed by atoms with Crippen LogP contribution in [-0.2, 0) is 4.79 Å². The molecule has 27 heavy (non-hydrogen) atoms. The summed E-state index contributed by atoms with van der Waals surface area (Å²) in [5.74, 6) is 1.18. The lowest BCUT2D eigenvalue weighted by Gasteiger charge is -2.30. The molecule has 4 rings (SSSR count). The second-order valence-electron chi connectivity index (χ2n) is 6.97. The number of hydrogen-bond acceptors (Lipinski definition) is 5. The van der Waals surface area contributed by atoms with Gasteiger partial charge in [0.15, 0.2) is 5.82 Å². The van der Waals surface area contributed by atoms with E-state index in [9.17, 15) is 4.79 Å². The molecule has 1 aliphatic heterocycles. The molecule has 1 unspecified atom stereocenters. The summed E-state index contributed by atoms with van der Waals surface area (Å²) in [6.07, 6.45) is 6.49. The third kappa shape index (κ3) is 3.31. The summed E-state index contributed by atoms with van der Waals surface area (Å²) >= 11 is 2.42. The van der Waals surface area contributed by atoms with Crippen LogP contribution < -0.4 is 15.1 Å². The van der Waals surface area contributed by atoms with Crippen molar-refractivity contribution in [2.75, 3.05) is 29.2 Å². The van der Waals surface area contributed by atoms with Crippen LogP contribution in [0.15, 0.2) is 60.0 Å². The zero-order chi connectivity index (χ0) is 19.2. The predicted molar refractivity (Wildman–Crippen MR) is 117 cm³/mol. The van der Waals surface area contributed by atoms with Gasteiger partial charge in [-0.1, -0.05) is 52.9 Å². The van der Waals surface area contributed by atoms with Crippen molar-refractivity contribution in [1.82, 2.24) is 9.97 Å². The molecule has 138 valence electrons. The Balaban J connectivity index is 1.78. The molecule has 0 spiro atoms. The molecular weight excluding hydrogens is 453 g/mol. The zero-order valence-electron chi connectivity index (χ0n) is 15.4. The van der Waals surface area contributed by atoms with Gasteiger partial charge in [0.1, 0.15) is 5.69 Å². The van der Waals surface area contributed by atoms with Crippen molar-refractivity contribution in [3.05, 3.63) is 60.0 Å². The molecule has 7 heteroatoms. The van der Waals surface area contributed by atoms with E-state index in [0.717, 1.165) is 17.8 Å². The van der Waals surface area contributed by atoms with Crippen molar-refractivity contribution >= 4 is 51.6 Å². The summed E-state index contributed by atoms with van der Waals surface area (Å²) in [5, 5.41) is 3.23. The first-order chi connectivity index (χ1) is 12.9. The number of nitrogens with one attached hydrogen (secondary N) is 1. The number of rotatable bonds is 2. The Labute approximate surface area is 172 Å². The molecule has 1 atom stereocenters. The third-order valence-electron chi connectivity index (χ3n) is 4.82. The standard InChI is InChI=1S/C20H20IN5O/c1-20(21)10-9-14-15(11-20)25(2)17-16(26(3)18(14)27)12-22-19(24-17)23-13-7-5-4-6-8-13/h4-10,12H,11H2,1-3H3,(H,22,23,24). The molecule has 0 saturated heterocycles. The molecule has 0 fully saturated rings. The van der Waals surface area contributed by atoms with Gasteiger partial charge in [-0.25, -0.2) is 4.98 Å². The highest BCUT2D eigenvalue weighted by atomic mass is 127. The van der Waals surface area contributed by atoms with E-state index in [0.29, 0.717) is 23.0 Å². The van der Waals surface area contributed by atoms with Crippen LogP contribution in [0.3, 0.4) is 0 Å². The van der Waals surface area contributed by atoms with Crippen LogP contribution in [0.4, 0.5) is 23.1 Å². The molecule has 1 aromatic heterocycles. The quantitative estimate of drug-likeness (QED) is 0.527. The number of carbonyl (C=O) groups excluding carboxylic acids is 1. The minimum absolute atomic E-state index is 0.0354. The number of benzene rings is 1. The molecule has 1 aromatic carbocycles. The first kappa shape index (κ1) is 18.0. The van der Waals surface area contributed by atoms with Crippen molar-refractivity contribution in [3.63, 3.8) is 0 Å². The summed E-state index contributed by atoms with van der Waals surface area (Å²) < 4.78 is -0.0354. The Morgan fingerprint density at radius 2 is 1.93 bits per heavy atom. The maximum atomic E-state index is 13.0. The lowest BCUT2D eigenvalue weighted by atomic mass is 9.94. The van der Waals surface area contributed by atoms with Gasteiger partial charge >= 0.3 is 0 Å². The fourth-order valence-electron chi connectivity index (χ4n) is 3.31. The van der Waals surface area contributed by atoms with Crippen LogP contribution in [0.1, 0.15) is 13.3 Å². The van der Waals surface area contributed by atoms with E-state index in [-0.39, 0.29) is 9.33 Å². The fourth-order valence-corrected chi connectivity index (χ4v) is 3.85. The second-order valence-corrected chi connectivity index (χ2v) is 9.43. The number of alkyl halides is 1. The van der Waals surface area contributed by atoms with Crippen LogP contribution in [0, 0.1) is 0 Å². The van der Waals surface area contributed by atoms with Gasteiger partial charge in [-0.3, -0.25) is 4.79 Å². The maximum absolute atomic E-state index is 13.0. The van der Waals surface area contributed by atoms with Gasteiger partial charge in [-0.05, 0) is 19.1 Å². The minimum Gasteiger partial charge on any atom is -0.330 e. The summed E-state index contributed by atoms with van der Waals surface area (Å²) in [5.41, 5.74) is 3.30. The topological polar surface area (TPSA) is 61.4 Å². The van der Waals surface area contributed by atoms with E-state index >= 15 is 0 Å². The minimum atomic E-state index is -0.0360. The number of likely N-dealkylation sites (N-methyl/N-ethyl adjacent to an activating group) is 1. The third-order valence-corrected chi connectivity index (χ3v) is 5.56. The number of allylic oxidation sites excluding steroid dienone is 2. The molecule has 1 amide bonds. The molecule has 1 aliphatic carbocycles. The van der Waals surface area contributed by atoms with Gasteiger partial charge in [0.25, 0.3) is 5.91 Å². The molecule has 0 saturated carbocycles. The number of carbonyl (C=O) groups is 1. The van der Waals surface area contributed by atoms with E-state index in [4.69, 9.17) is 4.98 Å². The Morgan fingerprint density at radius 1 is 1.19 bits per heavy atom. The van der Waals surface area contributed by atoms with E-state index < -0.39 is 0 Å². The average Bonchev–Trinajstić information content (AvgIpc) is 2.72. The maximum Gasteiger partial charge on any atom is 0.259 e. The van der Waals surface area contributed by atoms with E-state index in [1.807, 2.05) is 48.4 Å². The SMILES string of the molecule is CN1C(=O)C2=C(CC(C)(I)C=C2)N(C)c2nc(Nc3ccccc3)ncc21. The fraction of sp³-hybridized carbons (Fsp3) is 0.250. The first-order valence-electron chi connectivity index (χ1n) is 8.68. The zero-order valence-corrected chi connectivity index (χ0v) is 17.6. The lowest BCUT2D eigenvalue weighted by molar-refractivity contribution is -0.114. The van der Waals surface area contributed by atoms with Crippen molar-refractivity contribution in [3.8, 4) is 0 Å². The lowest BCUT2D eigenvalue weighted by Crippen LogP contribution is -2.30. The number of halogens is 1. The summed E-state index contributed by atoms with van der Waals surface area (Å²) in [6, 6.07) is 9.79. The van der Waals surface area contributed by atoms with Crippen molar-refractivity contribution in [2.24, 2.45) is 0 Å². The molecular formula is C20H20IN5O. The number of para-hydroxylation sites is 1. The summed E-state index contributed by atoms with van der Waals surface area (Å²) in [7, 11) is 3.73. The molecule has 2 aliphatic rings. The van der Waals surface area contributed by atoms with Crippen molar-refractivity contribution in [1.29, 1.82) is 0 Å². The van der Waals surface area contributed by atoms with E-state index in [1.54, 1.807) is 18.1 Å². The molecule has 2 heterocycles.